The van der Waals surface area contributed by atoms with E-state index >= 15 is 0 Å². The normalized spacial score (nSPS) is 20.8. The van der Waals surface area contributed by atoms with E-state index < -0.39 is 18.2 Å². The Morgan fingerprint density at radius 2 is 1.59 bits per heavy atom. The molecule has 6 atom stereocenters. The van der Waals surface area contributed by atoms with Crippen molar-refractivity contribution in [1.82, 2.24) is 45.4 Å². The Morgan fingerprint density at radius 3 is 2.20 bits per heavy atom. The van der Waals surface area contributed by atoms with Crippen molar-refractivity contribution < 1.29 is 23.9 Å². The number of nitrogens with one attached hydrogen (secondary N) is 4. The maximum atomic E-state index is 13.4. The summed E-state index contributed by atoms with van der Waals surface area (Å²) in [7, 11) is 2.77. The number of aromatic amines is 2. The van der Waals surface area contributed by atoms with Crippen LogP contribution in [-0.2, 0) is 25.6 Å². The van der Waals surface area contributed by atoms with E-state index in [-0.39, 0.29) is 23.8 Å². The van der Waals surface area contributed by atoms with Crippen LogP contribution in [-0.4, -0.2) is 85.6 Å². The van der Waals surface area contributed by atoms with E-state index in [2.05, 4.69) is 89.1 Å². The number of carbonyl (C=O) groups excluding carboxylic acids is 3. The molecule has 14 nitrogen and oxygen atoms in total. The van der Waals surface area contributed by atoms with Crippen molar-refractivity contribution in [3.63, 3.8) is 0 Å². The highest BCUT2D eigenvalue weighted by Gasteiger charge is 2.43. The zero-order chi connectivity index (χ0) is 39.0. The SMILES string of the molecule is COC(=O)NC(C(=O)N1CCCC1c1ncc(-c2ccc(-c3ccc(-c4cnc[nH]4)cc3)cc2)[nH]1)C(C)OC.O=C(NCc1cnccn1)C1CC2CCC1C2. The summed E-state index contributed by atoms with van der Waals surface area (Å²) in [6.07, 6.45) is 15.6. The predicted octanol–water partition coefficient (Wildman–Crippen LogP) is 6.09. The molecule has 5 aromatic rings. The summed E-state index contributed by atoms with van der Waals surface area (Å²) >= 11 is 0. The molecule has 3 aromatic heterocycles. The van der Waals surface area contributed by atoms with Crippen LogP contribution in [0.15, 0.2) is 85.8 Å². The standard InChI is InChI=1S/C29H32N6O4.C13H17N3O/c1-18(38-2)26(34-29(37)39-3)28(36)35-14-4-5-25(35)27-31-16-24(33-27)22-12-8-20(9-13-22)19-6-10-21(11-7-19)23-15-30-17-32-23;17-13(12-6-9-1-2-10(12)5-9)16-8-11-7-14-3-4-15-11/h6-13,15-18,25-26H,4-5,14H2,1-3H3,(H,30,32)(H,31,33)(H,34,37);3-4,7,9-10,12H,1-2,5-6,8H2,(H,16,17). The minimum absolute atomic E-state index is 0.211. The number of benzene rings is 2. The largest absolute Gasteiger partial charge is 0.453 e. The van der Waals surface area contributed by atoms with Crippen LogP contribution in [0.25, 0.3) is 33.6 Å². The Kier molecular flexibility index (Phi) is 12.1. The van der Waals surface area contributed by atoms with Gasteiger partial charge in [-0.05, 0) is 73.1 Å². The lowest BCUT2D eigenvalue weighted by Gasteiger charge is -2.30. The molecule has 4 heterocycles. The quantitative estimate of drug-likeness (QED) is 0.124. The second-order valence-corrected chi connectivity index (χ2v) is 14.7. The van der Waals surface area contributed by atoms with E-state index in [1.54, 1.807) is 49.1 Å². The molecule has 292 valence electrons. The van der Waals surface area contributed by atoms with Gasteiger partial charge in [0.25, 0.3) is 0 Å². The van der Waals surface area contributed by atoms with E-state index in [4.69, 9.17) is 9.47 Å². The first-order chi connectivity index (χ1) is 27.3. The average Bonchev–Trinajstić information content (AvgIpc) is 4.11. The number of rotatable bonds is 11. The fraction of sp³-hybridized carbons (Fsp3) is 0.405. The van der Waals surface area contributed by atoms with Gasteiger partial charge in [-0.25, -0.2) is 14.8 Å². The zero-order valence-electron chi connectivity index (χ0n) is 32.0. The van der Waals surface area contributed by atoms with Crippen molar-refractivity contribution in [1.29, 1.82) is 0 Å². The van der Waals surface area contributed by atoms with Gasteiger partial charge in [0, 0.05) is 32.0 Å². The molecule has 4 N–H and O–H groups in total. The molecular weight excluding hydrogens is 711 g/mol. The molecule has 3 fully saturated rings. The Bertz CT molecular complexity index is 2050. The number of ether oxygens (including phenoxy) is 2. The van der Waals surface area contributed by atoms with Crippen LogP contribution >= 0.6 is 0 Å². The molecule has 0 spiro atoms. The van der Waals surface area contributed by atoms with Crippen LogP contribution in [0.5, 0.6) is 0 Å². The first kappa shape index (κ1) is 38.4. The Labute approximate surface area is 326 Å². The maximum Gasteiger partial charge on any atom is 0.407 e. The molecule has 1 saturated heterocycles. The molecule has 2 aliphatic carbocycles. The summed E-state index contributed by atoms with van der Waals surface area (Å²) in [4.78, 5) is 62.5. The minimum Gasteiger partial charge on any atom is -0.453 e. The summed E-state index contributed by atoms with van der Waals surface area (Å²) in [5, 5.41) is 5.60. The highest BCUT2D eigenvalue weighted by atomic mass is 16.5. The number of H-pyrrole nitrogens is 2. The van der Waals surface area contributed by atoms with Gasteiger partial charge in [-0.2, -0.15) is 0 Å². The smallest absolute Gasteiger partial charge is 0.407 e. The van der Waals surface area contributed by atoms with Gasteiger partial charge in [0.2, 0.25) is 11.8 Å². The van der Waals surface area contributed by atoms with Gasteiger partial charge in [-0.15, -0.1) is 0 Å². The molecule has 3 amide bonds. The topological polar surface area (TPSA) is 180 Å². The number of imidazole rings is 2. The van der Waals surface area contributed by atoms with Crippen molar-refractivity contribution in [3.8, 4) is 33.6 Å². The van der Waals surface area contributed by atoms with Crippen LogP contribution in [0.2, 0.25) is 0 Å². The molecule has 2 saturated carbocycles. The molecule has 0 radical (unpaired) electrons. The summed E-state index contributed by atoms with van der Waals surface area (Å²) in [5.74, 6) is 2.41. The van der Waals surface area contributed by atoms with Crippen molar-refractivity contribution in [2.75, 3.05) is 20.8 Å². The molecular formula is C42H49N9O5. The number of fused-ring (bicyclic) bond motifs is 2. The van der Waals surface area contributed by atoms with Crippen LogP contribution in [0, 0.1) is 17.8 Å². The number of aromatic nitrogens is 6. The van der Waals surface area contributed by atoms with Gasteiger partial charge in [-0.3, -0.25) is 19.6 Å². The lowest BCUT2D eigenvalue weighted by molar-refractivity contribution is -0.137. The van der Waals surface area contributed by atoms with E-state index in [0.717, 1.165) is 70.3 Å². The fourth-order valence-corrected chi connectivity index (χ4v) is 8.24. The summed E-state index contributed by atoms with van der Waals surface area (Å²) < 4.78 is 10.1. The van der Waals surface area contributed by atoms with Gasteiger partial charge in [0.1, 0.15) is 11.9 Å². The van der Waals surface area contributed by atoms with Gasteiger partial charge >= 0.3 is 6.09 Å². The number of alkyl carbamates (subject to hydrolysis) is 1. The monoisotopic (exact) mass is 759 g/mol. The van der Waals surface area contributed by atoms with Crippen LogP contribution in [0.4, 0.5) is 4.79 Å². The summed E-state index contributed by atoms with van der Waals surface area (Å²) in [6.45, 7) is 2.82. The minimum atomic E-state index is -0.862. The number of methoxy groups -OCH3 is 2. The summed E-state index contributed by atoms with van der Waals surface area (Å²) in [5.41, 5.74) is 7.00. The number of nitrogens with zero attached hydrogens (tertiary/aromatic N) is 5. The third kappa shape index (κ3) is 8.81. The molecule has 14 heteroatoms. The van der Waals surface area contributed by atoms with Crippen molar-refractivity contribution in [2.45, 2.75) is 70.2 Å². The first-order valence-electron chi connectivity index (χ1n) is 19.3. The third-order valence-corrected chi connectivity index (χ3v) is 11.4. The average molecular weight is 760 g/mol. The second-order valence-electron chi connectivity index (χ2n) is 14.7. The predicted molar refractivity (Wildman–Crippen MR) is 209 cm³/mol. The highest BCUT2D eigenvalue weighted by molar-refractivity contribution is 5.87. The highest BCUT2D eigenvalue weighted by Crippen LogP contribution is 2.48. The molecule has 3 aliphatic rings. The molecule has 2 bridgehead atoms. The lowest BCUT2D eigenvalue weighted by atomic mass is 9.88. The fourth-order valence-electron chi connectivity index (χ4n) is 8.24. The van der Waals surface area contributed by atoms with Crippen molar-refractivity contribution >= 4 is 17.9 Å². The summed E-state index contributed by atoms with van der Waals surface area (Å²) in [6, 6.07) is 15.5. The van der Waals surface area contributed by atoms with Crippen LogP contribution in [0.1, 0.15) is 63.0 Å². The van der Waals surface area contributed by atoms with E-state index in [9.17, 15) is 14.4 Å². The lowest BCUT2D eigenvalue weighted by Crippen LogP contribution is -2.54. The van der Waals surface area contributed by atoms with Crippen LogP contribution in [0.3, 0.4) is 0 Å². The number of hydrogen-bond acceptors (Lipinski definition) is 9. The number of amides is 3. The maximum absolute atomic E-state index is 13.4. The van der Waals surface area contributed by atoms with E-state index in [1.165, 1.54) is 33.5 Å². The van der Waals surface area contributed by atoms with Gasteiger partial charge < -0.3 is 35.0 Å². The second kappa shape index (κ2) is 17.7. The third-order valence-electron chi connectivity index (χ3n) is 11.4. The van der Waals surface area contributed by atoms with E-state index in [1.807, 2.05) is 0 Å². The van der Waals surface area contributed by atoms with Gasteiger partial charge in [0.05, 0.1) is 67.8 Å². The number of hydrogen-bond donors (Lipinski definition) is 4. The Hall–Kier alpha value is -5.89. The Balaban J connectivity index is 0.000000234. The van der Waals surface area contributed by atoms with Gasteiger partial charge in [-0.1, -0.05) is 55.0 Å². The van der Waals surface area contributed by atoms with Crippen LogP contribution < -0.4 is 10.6 Å². The van der Waals surface area contributed by atoms with E-state index in [0.29, 0.717) is 19.0 Å². The van der Waals surface area contributed by atoms with Gasteiger partial charge in [0.15, 0.2) is 0 Å². The molecule has 2 aromatic carbocycles. The Morgan fingerprint density at radius 1 is 0.857 bits per heavy atom. The molecule has 8 rings (SSSR count). The molecule has 6 unspecified atom stereocenters. The number of likely N-dealkylation sites (tertiary alicyclic amines) is 1. The first-order valence-corrected chi connectivity index (χ1v) is 19.3. The number of carbonyl (C=O) groups is 3. The van der Waals surface area contributed by atoms with Crippen molar-refractivity contribution in [2.24, 2.45) is 17.8 Å². The van der Waals surface area contributed by atoms with Crippen molar-refractivity contribution in [3.05, 3.63) is 97.4 Å². The molecule has 56 heavy (non-hydrogen) atoms. The zero-order valence-corrected chi connectivity index (χ0v) is 32.0. The molecule has 1 aliphatic heterocycles.